The van der Waals surface area contributed by atoms with Crippen molar-refractivity contribution in [2.24, 2.45) is 0 Å². The van der Waals surface area contributed by atoms with E-state index in [0.29, 0.717) is 18.2 Å². The van der Waals surface area contributed by atoms with Crippen LogP contribution in [-0.4, -0.2) is 26.4 Å². The Hall–Kier alpha value is -1.06. The van der Waals surface area contributed by atoms with Gasteiger partial charge in [-0.15, -0.1) is 0 Å². The summed E-state index contributed by atoms with van der Waals surface area (Å²) in [5.74, 6) is 0.916. The summed E-state index contributed by atoms with van der Waals surface area (Å²) >= 11 is 0. The number of hydrogen-bond donors (Lipinski definition) is 1. The topological polar surface area (TPSA) is 30.5 Å². The van der Waals surface area contributed by atoms with Crippen LogP contribution in [0.15, 0.2) is 24.3 Å². The number of hydrogen-bond acceptors (Lipinski definition) is 3. The first-order valence-electron chi connectivity index (χ1n) is 6.15. The molecule has 17 heavy (non-hydrogen) atoms. The highest BCUT2D eigenvalue weighted by molar-refractivity contribution is 5.30. The van der Waals surface area contributed by atoms with Gasteiger partial charge in [-0.2, -0.15) is 0 Å². The zero-order valence-electron chi connectivity index (χ0n) is 10.8. The second-order valence-electron chi connectivity index (χ2n) is 4.69. The maximum Gasteiger partial charge on any atom is 0.119 e. The normalized spacial score (nSPS) is 25.1. The Morgan fingerprint density at radius 1 is 1.29 bits per heavy atom. The van der Waals surface area contributed by atoms with Gasteiger partial charge in [0.2, 0.25) is 0 Å². The molecule has 1 fully saturated rings. The van der Waals surface area contributed by atoms with Gasteiger partial charge in [0.1, 0.15) is 5.75 Å². The molecule has 1 saturated carbocycles. The third-order valence-corrected chi connectivity index (χ3v) is 3.51. The van der Waals surface area contributed by atoms with Crippen molar-refractivity contribution < 1.29 is 9.47 Å². The Morgan fingerprint density at radius 2 is 2.06 bits per heavy atom. The molecule has 0 aromatic heterocycles. The molecule has 94 valence electrons. The molecule has 0 amide bonds. The Labute approximate surface area is 103 Å². The highest BCUT2D eigenvalue weighted by Gasteiger charge is 2.29. The average molecular weight is 235 g/mol. The van der Waals surface area contributed by atoms with Crippen molar-refractivity contribution in [2.75, 3.05) is 14.2 Å². The molecule has 0 spiro atoms. The van der Waals surface area contributed by atoms with Crippen molar-refractivity contribution in [3.8, 4) is 5.75 Å². The van der Waals surface area contributed by atoms with Crippen LogP contribution in [0, 0.1) is 0 Å². The fourth-order valence-corrected chi connectivity index (χ4v) is 2.25. The van der Waals surface area contributed by atoms with E-state index in [4.69, 9.17) is 9.47 Å². The predicted octanol–water partition coefficient (Wildman–Crippen LogP) is 2.52. The van der Waals surface area contributed by atoms with E-state index < -0.39 is 0 Å². The van der Waals surface area contributed by atoms with Gasteiger partial charge in [-0.1, -0.05) is 12.1 Å². The zero-order valence-corrected chi connectivity index (χ0v) is 10.8. The third kappa shape index (κ3) is 2.99. The van der Waals surface area contributed by atoms with Gasteiger partial charge >= 0.3 is 0 Å². The van der Waals surface area contributed by atoms with Gasteiger partial charge in [0.25, 0.3) is 0 Å². The van der Waals surface area contributed by atoms with Crippen LogP contribution in [0.25, 0.3) is 0 Å². The summed E-state index contributed by atoms with van der Waals surface area (Å²) in [6, 6.07) is 9.16. The minimum atomic E-state index is 0.355. The smallest absolute Gasteiger partial charge is 0.119 e. The van der Waals surface area contributed by atoms with Crippen LogP contribution in [0.1, 0.15) is 31.4 Å². The van der Waals surface area contributed by atoms with Crippen LogP contribution >= 0.6 is 0 Å². The van der Waals surface area contributed by atoms with Crippen molar-refractivity contribution in [3.05, 3.63) is 29.8 Å². The Morgan fingerprint density at radius 3 is 2.71 bits per heavy atom. The van der Waals surface area contributed by atoms with E-state index >= 15 is 0 Å². The molecule has 0 heterocycles. The van der Waals surface area contributed by atoms with Gasteiger partial charge in [-0.25, -0.2) is 0 Å². The number of methoxy groups -OCH3 is 2. The van der Waals surface area contributed by atoms with E-state index in [1.807, 2.05) is 12.1 Å². The Kier molecular flexibility index (Phi) is 4.02. The van der Waals surface area contributed by atoms with Crippen molar-refractivity contribution >= 4 is 0 Å². The summed E-state index contributed by atoms with van der Waals surface area (Å²) in [7, 11) is 3.48. The molecule has 0 radical (unpaired) electrons. The molecular formula is C14H21NO2. The van der Waals surface area contributed by atoms with Crippen LogP contribution in [0.4, 0.5) is 0 Å². The van der Waals surface area contributed by atoms with E-state index in [2.05, 4.69) is 24.4 Å². The SMILES string of the molecule is COc1cccc([C@H](C)NC2CC(OC)C2)c1. The lowest BCUT2D eigenvalue weighted by Gasteiger charge is -2.36. The fourth-order valence-electron chi connectivity index (χ4n) is 2.25. The second kappa shape index (κ2) is 5.52. The lowest BCUT2D eigenvalue weighted by Crippen LogP contribution is -2.45. The average Bonchev–Trinajstić information content (AvgIpc) is 2.33. The van der Waals surface area contributed by atoms with Crippen molar-refractivity contribution in [1.29, 1.82) is 0 Å². The molecule has 1 aromatic rings. The first-order chi connectivity index (χ1) is 8.22. The summed E-state index contributed by atoms with van der Waals surface area (Å²) in [6.07, 6.45) is 2.68. The zero-order chi connectivity index (χ0) is 12.3. The molecule has 0 bridgehead atoms. The first kappa shape index (κ1) is 12.4. The maximum atomic E-state index is 5.28. The van der Waals surface area contributed by atoms with Crippen molar-refractivity contribution in [2.45, 2.75) is 38.0 Å². The molecule has 0 saturated heterocycles. The van der Waals surface area contributed by atoms with Gasteiger partial charge in [0, 0.05) is 19.2 Å². The van der Waals surface area contributed by atoms with Gasteiger partial charge in [-0.05, 0) is 37.5 Å². The van der Waals surface area contributed by atoms with Gasteiger partial charge in [0.05, 0.1) is 13.2 Å². The van der Waals surface area contributed by atoms with E-state index in [1.54, 1.807) is 14.2 Å². The number of rotatable bonds is 5. The quantitative estimate of drug-likeness (QED) is 0.850. The largest absolute Gasteiger partial charge is 0.497 e. The molecule has 1 aliphatic carbocycles. The fraction of sp³-hybridized carbons (Fsp3) is 0.571. The number of ether oxygens (including phenoxy) is 2. The minimum Gasteiger partial charge on any atom is -0.497 e. The summed E-state index contributed by atoms with van der Waals surface area (Å²) in [5.41, 5.74) is 1.27. The lowest BCUT2D eigenvalue weighted by molar-refractivity contribution is 0.0147. The summed E-state index contributed by atoms with van der Waals surface area (Å²) in [6.45, 7) is 2.19. The standard InChI is InChI=1S/C14H21NO2/c1-10(15-12-8-14(9-12)17-3)11-5-4-6-13(7-11)16-2/h4-7,10,12,14-15H,8-9H2,1-3H3/t10-,12?,14?/m0/s1. The predicted molar refractivity (Wildman–Crippen MR) is 68.4 cm³/mol. The van der Waals surface area contributed by atoms with Gasteiger partial charge < -0.3 is 14.8 Å². The molecule has 0 aliphatic heterocycles. The summed E-state index contributed by atoms with van der Waals surface area (Å²) < 4.78 is 10.5. The van der Waals surface area contributed by atoms with Crippen LogP contribution in [-0.2, 0) is 4.74 Å². The van der Waals surface area contributed by atoms with E-state index in [1.165, 1.54) is 5.56 Å². The second-order valence-corrected chi connectivity index (χ2v) is 4.69. The lowest BCUT2D eigenvalue weighted by atomic mass is 9.88. The molecule has 1 aromatic carbocycles. The van der Waals surface area contributed by atoms with Gasteiger partial charge in [0.15, 0.2) is 0 Å². The monoisotopic (exact) mass is 235 g/mol. The maximum absolute atomic E-state index is 5.28. The molecule has 1 aliphatic rings. The Balaban J connectivity index is 1.89. The molecule has 1 atom stereocenters. The molecular weight excluding hydrogens is 214 g/mol. The highest BCUT2D eigenvalue weighted by Crippen LogP contribution is 2.26. The van der Waals surface area contributed by atoms with E-state index in [9.17, 15) is 0 Å². The minimum absolute atomic E-state index is 0.355. The molecule has 0 unspecified atom stereocenters. The van der Waals surface area contributed by atoms with Gasteiger partial charge in [-0.3, -0.25) is 0 Å². The van der Waals surface area contributed by atoms with Crippen molar-refractivity contribution in [1.82, 2.24) is 5.32 Å². The molecule has 3 heteroatoms. The first-order valence-corrected chi connectivity index (χ1v) is 6.15. The Bertz CT molecular complexity index is 361. The van der Waals surface area contributed by atoms with Crippen molar-refractivity contribution in [3.63, 3.8) is 0 Å². The van der Waals surface area contributed by atoms with Crippen LogP contribution in [0.2, 0.25) is 0 Å². The molecule has 3 nitrogen and oxygen atoms in total. The van der Waals surface area contributed by atoms with Crippen LogP contribution in [0.5, 0.6) is 5.75 Å². The summed E-state index contributed by atoms with van der Waals surface area (Å²) in [4.78, 5) is 0. The molecule has 1 N–H and O–H groups in total. The van der Waals surface area contributed by atoms with E-state index in [0.717, 1.165) is 18.6 Å². The third-order valence-electron chi connectivity index (χ3n) is 3.51. The van der Waals surface area contributed by atoms with Crippen LogP contribution < -0.4 is 10.1 Å². The number of benzene rings is 1. The number of nitrogens with one attached hydrogen (secondary N) is 1. The highest BCUT2D eigenvalue weighted by atomic mass is 16.5. The van der Waals surface area contributed by atoms with E-state index in [-0.39, 0.29) is 0 Å². The van der Waals surface area contributed by atoms with Crippen LogP contribution in [0.3, 0.4) is 0 Å². The summed E-state index contributed by atoms with van der Waals surface area (Å²) in [5, 5.41) is 3.61. The molecule has 2 rings (SSSR count).